The van der Waals surface area contributed by atoms with E-state index < -0.39 is 11.6 Å². The molecule has 0 heterocycles. The van der Waals surface area contributed by atoms with Crippen molar-refractivity contribution in [2.24, 2.45) is 0 Å². The highest BCUT2D eigenvalue weighted by molar-refractivity contribution is 5.87. The van der Waals surface area contributed by atoms with Crippen LogP contribution in [0.15, 0.2) is 121 Å². The number of para-hydroxylation sites is 1. The van der Waals surface area contributed by atoms with Gasteiger partial charge in [0, 0.05) is 18.2 Å². The van der Waals surface area contributed by atoms with Gasteiger partial charge in [-0.2, -0.15) is 0 Å². The van der Waals surface area contributed by atoms with Crippen LogP contribution in [0.2, 0.25) is 0 Å². The third kappa shape index (κ3) is 4.08. The Bertz CT molecular complexity index is 1430. The zero-order valence-electron chi connectivity index (χ0n) is 18.8. The molecular weight excluding hydrogens is 424 g/mol. The van der Waals surface area contributed by atoms with E-state index in [0.29, 0.717) is 22.5 Å². The molecule has 0 atom stereocenters. The van der Waals surface area contributed by atoms with Gasteiger partial charge in [-0.25, -0.2) is 8.78 Å². The van der Waals surface area contributed by atoms with E-state index in [1.807, 2.05) is 91.0 Å². The molecule has 0 aromatic heterocycles. The van der Waals surface area contributed by atoms with Crippen LogP contribution in [-0.2, 0) is 0 Å². The summed E-state index contributed by atoms with van der Waals surface area (Å²) >= 11 is 0. The zero-order valence-corrected chi connectivity index (χ0v) is 18.8. The van der Waals surface area contributed by atoms with Crippen LogP contribution in [0.5, 0.6) is 0 Å². The first-order chi connectivity index (χ1) is 16.6. The Kier molecular flexibility index (Phi) is 5.92. The first kappa shape index (κ1) is 21.6. The summed E-state index contributed by atoms with van der Waals surface area (Å²) in [7, 11) is 1.70. The number of anilines is 2. The predicted octanol–water partition coefficient (Wildman–Crippen LogP) is 8.73. The van der Waals surface area contributed by atoms with Gasteiger partial charge in [0.2, 0.25) is 0 Å². The standard InChI is InChI=1S/C31H23F2N/c1-34(29-18-9-8-17-28(29)32)31-27(23-13-6-3-7-14-23)20-19-26(30(31)33)25-16-10-15-24(21-25)22-11-4-2-5-12-22/h2-21H,1H3. The van der Waals surface area contributed by atoms with Crippen molar-refractivity contribution in [2.45, 2.75) is 0 Å². The van der Waals surface area contributed by atoms with Gasteiger partial charge in [-0.15, -0.1) is 0 Å². The third-order valence-corrected chi connectivity index (χ3v) is 6.03. The minimum absolute atomic E-state index is 0.314. The summed E-state index contributed by atoms with van der Waals surface area (Å²) in [5.41, 5.74) is 5.52. The van der Waals surface area contributed by atoms with E-state index in [0.717, 1.165) is 22.3 Å². The molecule has 0 radical (unpaired) electrons. The number of nitrogens with zero attached hydrogens (tertiary/aromatic N) is 1. The molecular formula is C31H23F2N. The fraction of sp³-hybridized carbons (Fsp3) is 0.0323. The van der Waals surface area contributed by atoms with E-state index in [-0.39, 0.29) is 0 Å². The Balaban J connectivity index is 1.70. The van der Waals surface area contributed by atoms with Gasteiger partial charge in [-0.05, 0) is 40.5 Å². The highest BCUT2D eigenvalue weighted by atomic mass is 19.1. The smallest absolute Gasteiger partial charge is 0.155 e. The van der Waals surface area contributed by atoms with Crippen molar-refractivity contribution in [3.05, 3.63) is 133 Å². The second-order valence-corrected chi connectivity index (χ2v) is 8.15. The van der Waals surface area contributed by atoms with Crippen molar-refractivity contribution in [1.29, 1.82) is 0 Å². The van der Waals surface area contributed by atoms with Crippen LogP contribution in [-0.4, -0.2) is 7.05 Å². The number of rotatable bonds is 5. The lowest BCUT2D eigenvalue weighted by Crippen LogP contribution is -2.14. The molecule has 0 unspecified atom stereocenters. The molecule has 5 rings (SSSR count). The fourth-order valence-corrected chi connectivity index (χ4v) is 4.31. The first-order valence-electron chi connectivity index (χ1n) is 11.2. The highest BCUT2D eigenvalue weighted by Gasteiger charge is 2.22. The molecule has 0 saturated carbocycles. The normalized spacial score (nSPS) is 10.8. The molecule has 0 bridgehead atoms. The summed E-state index contributed by atoms with van der Waals surface area (Å²) in [5, 5.41) is 0. The van der Waals surface area contributed by atoms with E-state index in [1.165, 1.54) is 6.07 Å². The molecule has 166 valence electrons. The van der Waals surface area contributed by atoms with Crippen LogP contribution in [0.3, 0.4) is 0 Å². The molecule has 0 fully saturated rings. The van der Waals surface area contributed by atoms with Gasteiger partial charge >= 0.3 is 0 Å². The van der Waals surface area contributed by atoms with Crippen LogP contribution < -0.4 is 4.90 Å². The molecule has 0 aliphatic heterocycles. The molecule has 1 nitrogen and oxygen atoms in total. The molecule has 0 aliphatic carbocycles. The molecule has 0 saturated heterocycles. The maximum Gasteiger partial charge on any atom is 0.155 e. The Hall–Kier alpha value is -4.24. The van der Waals surface area contributed by atoms with Crippen molar-refractivity contribution in [1.82, 2.24) is 0 Å². The third-order valence-electron chi connectivity index (χ3n) is 6.03. The summed E-state index contributed by atoms with van der Waals surface area (Å²) in [6.45, 7) is 0. The lowest BCUT2D eigenvalue weighted by Gasteiger charge is -2.25. The Morgan fingerprint density at radius 2 is 1.06 bits per heavy atom. The molecule has 0 amide bonds. The van der Waals surface area contributed by atoms with Crippen molar-refractivity contribution < 1.29 is 8.78 Å². The molecule has 5 aromatic carbocycles. The van der Waals surface area contributed by atoms with Crippen LogP contribution in [0.25, 0.3) is 33.4 Å². The Morgan fingerprint density at radius 3 is 1.76 bits per heavy atom. The van der Waals surface area contributed by atoms with Gasteiger partial charge in [0.15, 0.2) is 5.82 Å². The summed E-state index contributed by atoms with van der Waals surface area (Å²) < 4.78 is 31.0. The number of hydrogen-bond acceptors (Lipinski definition) is 1. The average molecular weight is 448 g/mol. The van der Waals surface area contributed by atoms with Gasteiger partial charge in [-0.1, -0.05) is 103 Å². The topological polar surface area (TPSA) is 3.24 Å². The van der Waals surface area contributed by atoms with Gasteiger partial charge in [0.05, 0.1) is 11.4 Å². The van der Waals surface area contributed by atoms with E-state index >= 15 is 4.39 Å². The Labute approximate surface area is 198 Å². The maximum atomic E-state index is 16.3. The lowest BCUT2D eigenvalue weighted by atomic mass is 9.94. The fourth-order valence-electron chi connectivity index (χ4n) is 4.31. The molecule has 5 aromatic rings. The van der Waals surface area contributed by atoms with Gasteiger partial charge in [0.1, 0.15) is 5.82 Å². The van der Waals surface area contributed by atoms with Crippen LogP contribution in [0, 0.1) is 11.6 Å². The van der Waals surface area contributed by atoms with Gasteiger partial charge in [-0.3, -0.25) is 0 Å². The number of hydrogen-bond donors (Lipinski definition) is 0. The minimum atomic E-state index is -0.403. The highest BCUT2D eigenvalue weighted by Crippen LogP contribution is 2.41. The summed E-state index contributed by atoms with van der Waals surface area (Å²) in [5.74, 6) is -0.794. The second kappa shape index (κ2) is 9.32. The van der Waals surface area contributed by atoms with Gasteiger partial charge in [0.25, 0.3) is 0 Å². The van der Waals surface area contributed by atoms with Crippen molar-refractivity contribution in [2.75, 3.05) is 11.9 Å². The van der Waals surface area contributed by atoms with Crippen molar-refractivity contribution >= 4 is 11.4 Å². The number of benzene rings is 5. The SMILES string of the molecule is CN(c1ccccc1F)c1c(-c2ccccc2)ccc(-c2cccc(-c3ccccc3)c2)c1F. The predicted molar refractivity (Wildman–Crippen MR) is 137 cm³/mol. The number of halogens is 2. The van der Waals surface area contributed by atoms with Crippen LogP contribution in [0.4, 0.5) is 20.2 Å². The minimum Gasteiger partial charge on any atom is -0.339 e. The van der Waals surface area contributed by atoms with E-state index in [9.17, 15) is 4.39 Å². The monoisotopic (exact) mass is 447 g/mol. The van der Waals surface area contributed by atoms with E-state index in [2.05, 4.69) is 0 Å². The summed E-state index contributed by atoms with van der Waals surface area (Å²) in [6.07, 6.45) is 0. The molecule has 0 N–H and O–H groups in total. The van der Waals surface area contributed by atoms with Crippen molar-refractivity contribution in [3.63, 3.8) is 0 Å². The zero-order chi connectivity index (χ0) is 23.5. The molecule has 3 heteroatoms. The quantitative estimate of drug-likeness (QED) is 0.260. The molecule has 0 aliphatic rings. The van der Waals surface area contributed by atoms with Crippen LogP contribution >= 0.6 is 0 Å². The molecule has 0 spiro atoms. The maximum absolute atomic E-state index is 16.3. The summed E-state index contributed by atoms with van der Waals surface area (Å²) in [4.78, 5) is 1.59. The average Bonchev–Trinajstić information content (AvgIpc) is 2.89. The van der Waals surface area contributed by atoms with E-state index in [1.54, 1.807) is 36.2 Å². The van der Waals surface area contributed by atoms with Crippen LogP contribution in [0.1, 0.15) is 0 Å². The second-order valence-electron chi connectivity index (χ2n) is 8.15. The molecule has 34 heavy (non-hydrogen) atoms. The largest absolute Gasteiger partial charge is 0.339 e. The lowest BCUT2D eigenvalue weighted by molar-refractivity contribution is 0.619. The van der Waals surface area contributed by atoms with E-state index in [4.69, 9.17) is 0 Å². The van der Waals surface area contributed by atoms with Gasteiger partial charge < -0.3 is 4.90 Å². The van der Waals surface area contributed by atoms with Crippen molar-refractivity contribution in [3.8, 4) is 33.4 Å². The first-order valence-corrected chi connectivity index (χ1v) is 11.2. The Morgan fingerprint density at radius 1 is 0.500 bits per heavy atom. The summed E-state index contributed by atoms with van der Waals surface area (Å²) in [6, 6.07) is 37.6.